The lowest BCUT2D eigenvalue weighted by Gasteiger charge is -2.21. The molecule has 4 atom stereocenters. The summed E-state index contributed by atoms with van der Waals surface area (Å²) in [5.74, 6) is -0.811. The molecule has 108 valence electrons. The zero-order valence-corrected chi connectivity index (χ0v) is 11.0. The lowest BCUT2D eigenvalue weighted by molar-refractivity contribution is -0.163. The molecule has 8 nitrogen and oxygen atoms in total. The third kappa shape index (κ3) is 3.41. The summed E-state index contributed by atoms with van der Waals surface area (Å²) < 4.78 is 20.3. The van der Waals surface area contributed by atoms with Gasteiger partial charge in [-0.2, -0.15) is 0 Å². The molecular weight excluding hydrogens is 256 g/mol. The van der Waals surface area contributed by atoms with Gasteiger partial charge < -0.3 is 18.9 Å². The van der Waals surface area contributed by atoms with Crippen molar-refractivity contribution in [2.24, 2.45) is 0 Å². The smallest absolute Gasteiger partial charge is 0.336 e. The number of esters is 2. The minimum atomic E-state index is -0.631. The Balaban J connectivity index is 2.00. The lowest BCUT2D eigenvalue weighted by Crippen LogP contribution is -2.39. The van der Waals surface area contributed by atoms with Crippen molar-refractivity contribution in [3.8, 4) is 0 Å². The molecule has 2 bridgehead atoms. The van der Waals surface area contributed by atoms with E-state index in [2.05, 4.69) is 9.47 Å². The third-order valence-electron chi connectivity index (χ3n) is 3.09. The topological polar surface area (TPSA) is 77.5 Å². The van der Waals surface area contributed by atoms with Crippen molar-refractivity contribution in [2.45, 2.75) is 12.2 Å². The molecule has 0 aromatic heterocycles. The van der Waals surface area contributed by atoms with Crippen molar-refractivity contribution in [1.82, 2.24) is 9.80 Å². The van der Waals surface area contributed by atoms with Crippen LogP contribution in [0.2, 0.25) is 0 Å². The largest absolute Gasteiger partial charge is 0.467 e. The predicted octanol–water partition coefficient (Wildman–Crippen LogP) is -1.39. The van der Waals surface area contributed by atoms with Gasteiger partial charge in [-0.3, -0.25) is 9.80 Å². The van der Waals surface area contributed by atoms with E-state index in [0.29, 0.717) is 19.8 Å². The first-order chi connectivity index (χ1) is 9.13. The molecule has 0 aromatic carbocycles. The number of ether oxygens (including phenoxy) is 4. The average Bonchev–Trinajstić information content (AvgIpc) is 2.76. The van der Waals surface area contributed by atoms with Gasteiger partial charge in [0.2, 0.25) is 0 Å². The quantitative estimate of drug-likeness (QED) is 0.569. The second kappa shape index (κ2) is 6.29. The molecule has 19 heavy (non-hydrogen) atoms. The maximum Gasteiger partial charge on any atom is 0.336 e. The number of carbonyl (C=O) groups is 2. The van der Waals surface area contributed by atoms with Crippen LogP contribution >= 0.6 is 0 Å². The van der Waals surface area contributed by atoms with Crippen molar-refractivity contribution >= 4 is 11.9 Å². The summed E-state index contributed by atoms with van der Waals surface area (Å²) >= 11 is 0. The Morgan fingerprint density at radius 1 is 0.947 bits per heavy atom. The van der Waals surface area contributed by atoms with E-state index in [4.69, 9.17) is 9.47 Å². The third-order valence-corrected chi connectivity index (χ3v) is 3.09. The molecule has 0 radical (unpaired) electrons. The highest BCUT2D eigenvalue weighted by atomic mass is 16.6. The molecule has 0 spiro atoms. The molecule has 0 N–H and O–H groups in total. The lowest BCUT2D eigenvalue weighted by atomic mass is 10.3. The normalized spacial score (nSPS) is 34.8. The number of carbonyl (C=O) groups excluding carboxylic acids is 2. The van der Waals surface area contributed by atoms with Gasteiger partial charge in [-0.1, -0.05) is 0 Å². The highest BCUT2D eigenvalue weighted by Crippen LogP contribution is 2.14. The maximum absolute atomic E-state index is 11.5. The summed E-state index contributed by atoms with van der Waals surface area (Å²) in [6.07, 6.45) is -1.26. The zero-order chi connectivity index (χ0) is 13.8. The molecule has 8 heteroatoms. The Morgan fingerprint density at radius 3 is 1.74 bits per heavy atom. The second-order valence-electron chi connectivity index (χ2n) is 4.46. The van der Waals surface area contributed by atoms with Crippen LogP contribution in [-0.4, -0.2) is 81.4 Å². The Labute approximate surface area is 111 Å². The molecule has 2 aliphatic heterocycles. The number of nitrogens with zero attached hydrogens (tertiary/aromatic N) is 2. The molecule has 2 rings (SSSR count). The van der Waals surface area contributed by atoms with E-state index in [9.17, 15) is 9.59 Å². The number of rotatable bonds is 2. The highest BCUT2D eigenvalue weighted by molar-refractivity contribution is 5.75. The van der Waals surface area contributed by atoms with Crippen LogP contribution in [0.3, 0.4) is 0 Å². The van der Waals surface area contributed by atoms with Crippen LogP contribution in [-0.2, 0) is 28.5 Å². The minimum absolute atomic E-state index is 0.243. The monoisotopic (exact) mass is 274 g/mol. The van der Waals surface area contributed by atoms with Crippen LogP contribution < -0.4 is 0 Å². The SMILES string of the molecule is COC(=O)[C@@H]1CN2CO[C@H](C(=O)OC)CN(CO1)C2. The van der Waals surface area contributed by atoms with Crippen LogP contribution in [0.5, 0.6) is 0 Å². The van der Waals surface area contributed by atoms with E-state index in [1.807, 2.05) is 9.80 Å². The van der Waals surface area contributed by atoms with Crippen LogP contribution in [0, 0.1) is 0 Å². The van der Waals surface area contributed by atoms with Crippen LogP contribution in [0.4, 0.5) is 0 Å². The van der Waals surface area contributed by atoms with Gasteiger partial charge in [-0.15, -0.1) is 0 Å². The zero-order valence-electron chi connectivity index (χ0n) is 11.0. The summed E-state index contributed by atoms with van der Waals surface area (Å²) in [5, 5.41) is 0. The van der Waals surface area contributed by atoms with Crippen molar-refractivity contribution in [2.75, 3.05) is 47.4 Å². The van der Waals surface area contributed by atoms with Gasteiger partial charge in [0.05, 0.1) is 20.9 Å². The predicted molar refractivity (Wildman–Crippen MR) is 61.8 cm³/mol. The summed E-state index contributed by atoms with van der Waals surface area (Å²) in [4.78, 5) is 26.8. The van der Waals surface area contributed by atoms with E-state index < -0.39 is 24.1 Å². The molecule has 0 saturated carbocycles. The molecule has 0 amide bonds. The van der Waals surface area contributed by atoms with Crippen molar-refractivity contribution in [3.63, 3.8) is 0 Å². The number of methoxy groups -OCH3 is 2. The van der Waals surface area contributed by atoms with Crippen LogP contribution in [0.25, 0.3) is 0 Å². The molecule has 2 saturated heterocycles. The van der Waals surface area contributed by atoms with Gasteiger partial charge in [0.15, 0.2) is 12.2 Å². The number of fused-ring (bicyclic) bond motifs is 2. The van der Waals surface area contributed by atoms with Gasteiger partial charge in [-0.25, -0.2) is 9.59 Å². The number of hydrogen-bond donors (Lipinski definition) is 0. The molecule has 0 aliphatic carbocycles. The van der Waals surface area contributed by atoms with Gasteiger partial charge in [0, 0.05) is 13.1 Å². The van der Waals surface area contributed by atoms with E-state index in [1.54, 1.807) is 0 Å². The summed E-state index contributed by atoms with van der Waals surface area (Å²) in [7, 11) is 2.66. The molecule has 2 aliphatic rings. The Hall–Kier alpha value is -1.22. The van der Waals surface area contributed by atoms with Gasteiger partial charge >= 0.3 is 11.9 Å². The van der Waals surface area contributed by atoms with Crippen LogP contribution in [0.15, 0.2) is 0 Å². The first-order valence-electron chi connectivity index (χ1n) is 5.97. The van der Waals surface area contributed by atoms with Gasteiger partial charge in [-0.05, 0) is 0 Å². The van der Waals surface area contributed by atoms with Crippen molar-refractivity contribution in [3.05, 3.63) is 0 Å². The maximum atomic E-state index is 11.5. The molecular formula is C11H18N2O6. The molecule has 2 unspecified atom stereocenters. The fourth-order valence-electron chi connectivity index (χ4n) is 2.10. The molecule has 0 aromatic rings. The minimum Gasteiger partial charge on any atom is -0.467 e. The summed E-state index contributed by atoms with van der Waals surface area (Å²) in [5.41, 5.74) is 0. The Bertz CT molecular complexity index is 318. The van der Waals surface area contributed by atoms with Crippen molar-refractivity contribution in [1.29, 1.82) is 0 Å². The molecule has 2 fully saturated rings. The standard InChI is InChI=1S/C11H18N2O6/c1-16-10(14)8-3-12-5-13(6-18-8)4-9(19-7-12)11(15)17-2/h8-9H,3-7H2,1-2H3/t8-,9-/m0/s1. The second-order valence-corrected chi connectivity index (χ2v) is 4.46. The highest BCUT2D eigenvalue weighted by Gasteiger charge is 2.34. The number of hydrogen-bond acceptors (Lipinski definition) is 8. The van der Waals surface area contributed by atoms with E-state index >= 15 is 0 Å². The Morgan fingerprint density at radius 2 is 1.37 bits per heavy atom. The van der Waals surface area contributed by atoms with Gasteiger partial charge in [0.1, 0.15) is 13.5 Å². The fourth-order valence-corrected chi connectivity index (χ4v) is 2.10. The van der Waals surface area contributed by atoms with E-state index in [-0.39, 0.29) is 13.5 Å². The first-order valence-corrected chi connectivity index (χ1v) is 5.97. The molecule has 2 heterocycles. The fraction of sp³-hybridized carbons (Fsp3) is 0.818. The summed E-state index contributed by atoms with van der Waals surface area (Å²) in [6, 6.07) is 0. The summed E-state index contributed by atoms with van der Waals surface area (Å²) in [6.45, 7) is 1.80. The van der Waals surface area contributed by atoms with Crippen LogP contribution in [0.1, 0.15) is 0 Å². The first kappa shape index (κ1) is 14.2. The van der Waals surface area contributed by atoms with E-state index in [0.717, 1.165) is 0 Å². The Kier molecular flexibility index (Phi) is 4.70. The van der Waals surface area contributed by atoms with Gasteiger partial charge in [0.25, 0.3) is 0 Å². The van der Waals surface area contributed by atoms with Crippen molar-refractivity contribution < 1.29 is 28.5 Å². The average molecular weight is 274 g/mol. The van der Waals surface area contributed by atoms with E-state index in [1.165, 1.54) is 14.2 Å².